The summed E-state index contributed by atoms with van der Waals surface area (Å²) in [5.41, 5.74) is 2.74. The molecule has 24 heavy (non-hydrogen) atoms. The summed E-state index contributed by atoms with van der Waals surface area (Å²) < 4.78 is 6.70. The van der Waals surface area contributed by atoms with Crippen molar-refractivity contribution in [1.82, 2.24) is 15.1 Å². The SMILES string of the molecule is CCCNC(=O)COC(=O)c1ccc(-n2nc(C)c(Cl)c2C)cc1. The van der Waals surface area contributed by atoms with E-state index in [1.165, 1.54) is 0 Å². The molecule has 2 aromatic rings. The molecule has 0 fully saturated rings. The number of halogens is 1. The van der Waals surface area contributed by atoms with Crippen LogP contribution in [0.2, 0.25) is 5.02 Å². The molecule has 0 unspecified atom stereocenters. The van der Waals surface area contributed by atoms with E-state index in [2.05, 4.69) is 10.4 Å². The fourth-order valence-corrected chi connectivity index (χ4v) is 2.26. The number of hydrogen-bond acceptors (Lipinski definition) is 4. The van der Waals surface area contributed by atoms with Crippen molar-refractivity contribution in [3.05, 3.63) is 46.2 Å². The first-order valence-electron chi connectivity index (χ1n) is 7.70. The maximum absolute atomic E-state index is 12.0. The van der Waals surface area contributed by atoms with Crippen LogP contribution in [0.15, 0.2) is 24.3 Å². The quantitative estimate of drug-likeness (QED) is 0.814. The number of carbonyl (C=O) groups is 2. The van der Waals surface area contributed by atoms with Crippen molar-refractivity contribution in [2.75, 3.05) is 13.2 Å². The summed E-state index contributed by atoms with van der Waals surface area (Å²) in [6, 6.07) is 6.77. The Labute approximate surface area is 145 Å². The van der Waals surface area contributed by atoms with E-state index < -0.39 is 5.97 Å². The van der Waals surface area contributed by atoms with Crippen LogP contribution in [0.25, 0.3) is 5.69 Å². The second-order valence-electron chi connectivity index (χ2n) is 5.37. The molecule has 1 aromatic carbocycles. The van der Waals surface area contributed by atoms with Gasteiger partial charge in [0, 0.05) is 6.54 Å². The van der Waals surface area contributed by atoms with Crippen molar-refractivity contribution in [1.29, 1.82) is 0 Å². The summed E-state index contributed by atoms with van der Waals surface area (Å²) in [6.45, 7) is 5.94. The number of hydrogen-bond donors (Lipinski definition) is 1. The molecule has 2 rings (SSSR count). The third-order valence-corrected chi connectivity index (χ3v) is 4.00. The molecule has 1 heterocycles. The Morgan fingerprint density at radius 3 is 2.46 bits per heavy atom. The molecular weight excluding hydrogens is 330 g/mol. The lowest BCUT2D eigenvalue weighted by Crippen LogP contribution is -2.29. The van der Waals surface area contributed by atoms with E-state index >= 15 is 0 Å². The van der Waals surface area contributed by atoms with E-state index in [-0.39, 0.29) is 12.5 Å². The maximum atomic E-state index is 12.0. The van der Waals surface area contributed by atoms with Gasteiger partial charge < -0.3 is 10.1 Å². The molecule has 0 spiro atoms. The summed E-state index contributed by atoms with van der Waals surface area (Å²) >= 11 is 6.14. The van der Waals surface area contributed by atoms with Crippen molar-refractivity contribution in [2.45, 2.75) is 27.2 Å². The number of carbonyl (C=O) groups excluding carboxylic acids is 2. The van der Waals surface area contributed by atoms with Crippen molar-refractivity contribution in [2.24, 2.45) is 0 Å². The molecular formula is C17H20ClN3O3. The van der Waals surface area contributed by atoms with E-state index in [1.54, 1.807) is 28.9 Å². The largest absolute Gasteiger partial charge is 0.452 e. The van der Waals surface area contributed by atoms with Crippen LogP contribution >= 0.6 is 11.6 Å². The minimum atomic E-state index is -0.542. The van der Waals surface area contributed by atoms with Gasteiger partial charge in [-0.1, -0.05) is 18.5 Å². The average molecular weight is 350 g/mol. The van der Waals surface area contributed by atoms with Crippen molar-refractivity contribution in [3.8, 4) is 5.69 Å². The van der Waals surface area contributed by atoms with Crippen LogP contribution < -0.4 is 5.32 Å². The molecule has 0 saturated carbocycles. The zero-order valence-electron chi connectivity index (χ0n) is 13.9. The van der Waals surface area contributed by atoms with Gasteiger partial charge in [-0.2, -0.15) is 5.10 Å². The van der Waals surface area contributed by atoms with Gasteiger partial charge in [0.2, 0.25) is 0 Å². The van der Waals surface area contributed by atoms with Crippen molar-refractivity contribution >= 4 is 23.5 Å². The van der Waals surface area contributed by atoms with Crippen molar-refractivity contribution < 1.29 is 14.3 Å². The summed E-state index contributed by atoms with van der Waals surface area (Å²) in [5.74, 6) is -0.848. The Hall–Kier alpha value is -2.34. The zero-order chi connectivity index (χ0) is 17.7. The number of nitrogens with zero attached hydrogens (tertiary/aromatic N) is 2. The number of aromatic nitrogens is 2. The van der Waals surface area contributed by atoms with Crippen LogP contribution in [-0.2, 0) is 9.53 Å². The number of aryl methyl sites for hydroxylation is 1. The van der Waals surface area contributed by atoms with E-state index in [0.29, 0.717) is 17.1 Å². The second-order valence-corrected chi connectivity index (χ2v) is 5.75. The van der Waals surface area contributed by atoms with Gasteiger partial charge in [0.1, 0.15) is 0 Å². The third-order valence-electron chi connectivity index (χ3n) is 3.46. The van der Waals surface area contributed by atoms with Crippen LogP contribution in [0.3, 0.4) is 0 Å². The Bertz CT molecular complexity index is 738. The predicted molar refractivity (Wildman–Crippen MR) is 91.6 cm³/mol. The molecule has 0 radical (unpaired) electrons. The highest BCUT2D eigenvalue weighted by Crippen LogP contribution is 2.22. The normalized spacial score (nSPS) is 10.5. The number of amides is 1. The van der Waals surface area contributed by atoms with E-state index in [0.717, 1.165) is 23.5 Å². The van der Waals surface area contributed by atoms with Crippen LogP contribution in [0.5, 0.6) is 0 Å². The first-order valence-corrected chi connectivity index (χ1v) is 8.07. The summed E-state index contributed by atoms with van der Waals surface area (Å²) in [7, 11) is 0. The highest BCUT2D eigenvalue weighted by Gasteiger charge is 2.13. The number of benzene rings is 1. The van der Waals surface area contributed by atoms with Gasteiger partial charge in [0.25, 0.3) is 5.91 Å². The average Bonchev–Trinajstić information content (AvgIpc) is 2.85. The van der Waals surface area contributed by atoms with Crippen LogP contribution in [0.1, 0.15) is 35.1 Å². The molecule has 1 aromatic heterocycles. The summed E-state index contributed by atoms with van der Waals surface area (Å²) in [6.07, 6.45) is 0.831. The molecule has 0 atom stereocenters. The Kier molecular flexibility index (Phi) is 5.98. The number of nitrogens with one attached hydrogen (secondary N) is 1. The number of rotatable bonds is 6. The number of ether oxygens (including phenoxy) is 1. The second kappa shape index (κ2) is 7.97. The van der Waals surface area contributed by atoms with E-state index in [4.69, 9.17) is 16.3 Å². The minimum Gasteiger partial charge on any atom is -0.452 e. The Morgan fingerprint density at radius 1 is 1.25 bits per heavy atom. The maximum Gasteiger partial charge on any atom is 0.338 e. The molecule has 1 amide bonds. The highest BCUT2D eigenvalue weighted by atomic mass is 35.5. The first kappa shape index (κ1) is 18.0. The van der Waals surface area contributed by atoms with E-state index in [9.17, 15) is 9.59 Å². The molecule has 6 nitrogen and oxygen atoms in total. The molecule has 0 aliphatic heterocycles. The molecule has 0 aliphatic rings. The number of esters is 1. The topological polar surface area (TPSA) is 73.2 Å². The molecule has 0 aliphatic carbocycles. The Morgan fingerprint density at radius 2 is 1.92 bits per heavy atom. The molecule has 0 saturated heterocycles. The molecule has 7 heteroatoms. The van der Waals surface area contributed by atoms with Gasteiger partial charge in [-0.15, -0.1) is 0 Å². The highest BCUT2D eigenvalue weighted by molar-refractivity contribution is 6.31. The fraction of sp³-hybridized carbons (Fsp3) is 0.353. The lowest BCUT2D eigenvalue weighted by Gasteiger charge is -2.07. The van der Waals surface area contributed by atoms with Crippen LogP contribution in [-0.4, -0.2) is 34.8 Å². The van der Waals surface area contributed by atoms with Gasteiger partial charge >= 0.3 is 5.97 Å². The standard InChI is InChI=1S/C17H20ClN3O3/c1-4-9-19-15(22)10-24-17(23)13-5-7-14(8-6-13)21-12(3)16(18)11(2)20-21/h5-8H,4,9-10H2,1-3H3,(H,19,22). The minimum absolute atomic E-state index is 0.284. The lowest BCUT2D eigenvalue weighted by molar-refractivity contribution is -0.124. The summed E-state index contributed by atoms with van der Waals surface area (Å²) in [5, 5.41) is 7.62. The van der Waals surface area contributed by atoms with E-state index in [1.807, 2.05) is 20.8 Å². The molecule has 0 bridgehead atoms. The van der Waals surface area contributed by atoms with Crippen LogP contribution in [0, 0.1) is 13.8 Å². The van der Waals surface area contributed by atoms with Crippen molar-refractivity contribution in [3.63, 3.8) is 0 Å². The zero-order valence-corrected chi connectivity index (χ0v) is 14.7. The monoisotopic (exact) mass is 349 g/mol. The molecule has 128 valence electrons. The van der Waals surface area contributed by atoms with Gasteiger partial charge in [0.15, 0.2) is 6.61 Å². The smallest absolute Gasteiger partial charge is 0.338 e. The van der Waals surface area contributed by atoms with Gasteiger partial charge in [-0.05, 0) is 44.5 Å². The third kappa shape index (κ3) is 4.14. The Balaban J connectivity index is 2.02. The molecule has 1 N–H and O–H groups in total. The first-order chi connectivity index (χ1) is 11.4. The lowest BCUT2D eigenvalue weighted by atomic mass is 10.2. The van der Waals surface area contributed by atoms with Gasteiger partial charge in [0.05, 0.1) is 27.7 Å². The summed E-state index contributed by atoms with van der Waals surface area (Å²) in [4.78, 5) is 23.4. The van der Waals surface area contributed by atoms with Crippen LogP contribution in [0.4, 0.5) is 0 Å². The van der Waals surface area contributed by atoms with Gasteiger partial charge in [-0.3, -0.25) is 4.79 Å². The van der Waals surface area contributed by atoms with Gasteiger partial charge in [-0.25, -0.2) is 9.48 Å². The predicted octanol–water partition coefficient (Wildman–Crippen LogP) is 2.83. The fourth-order valence-electron chi connectivity index (χ4n) is 2.14.